The lowest BCUT2D eigenvalue weighted by Gasteiger charge is -1.72. The van der Waals surface area contributed by atoms with Crippen molar-refractivity contribution in [2.45, 2.75) is 20.8 Å². The zero-order chi connectivity index (χ0) is 15.6. The van der Waals surface area contributed by atoms with Gasteiger partial charge in [-0.2, -0.15) is 0 Å². The van der Waals surface area contributed by atoms with Crippen LogP contribution in [0.3, 0.4) is 0 Å². The SMILES string of the molecule is CC(=O)O.CC(=O)O.CC(=O)O.[N-]=[N+]=NCCO. The standard InChI is InChI=1S/C2H5N3O.3C2H4O2/c3-5-4-1-2-6;3*1-2(3)4/h6H,1-2H2;3*1H3,(H,3,4). The molecular formula is C8H17N3O7. The lowest BCUT2D eigenvalue weighted by molar-refractivity contribution is -0.135. The third-order valence-electron chi connectivity index (χ3n) is 0.263. The Kier molecular flexibility index (Phi) is 33.1. The summed E-state index contributed by atoms with van der Waals surface area (Å²) in [5.74, 6) is -2.50. The molecule has 106 valence electrons. The Morgan fingerprint density at radius 3 is 1.28 bits per heavy atom. The predicted molar refractivity (Wildman–Crippen MR) is 61.0 cm³/mol. The molecule has 0 aromatic heterocycles. The fourth-order valence-corrected chi connectivity index (χ4v) is 0.0894. The largest absolute Gasteiger partial charge is 0.481 e. The molecule has 0 saturated heterocycles. The molecule has 4 N–H and O–H groups in total. The molecule has 0 saturated carbocycles. The van der Waals surface area contributed by atoms with Crippen molar-refractivity contribution in [3.8, 4) is 0 Å². The molecule has 0 aromatic carbocycles. The Bertz CT molecular complexity index is 233. The number of carboxylic acid groups (broad SMARTS) is 3. The number of aliphatic hydroxyl groups excluding tert-OH is 1. The van der Waals surface area contributed by atoms with Crippen molar-refractivity contribution in [1.29, 1.82) is 0 Å². The minimum atomic E-state index is -0.833. The maximum absolute atomic E-state index is 9.00. The molecule has 0 fully saturated rings. The number of carbonyl (C=O) groups is 3. The van der Waals surface area contributed by atoms with Gasteiger partial charge < -0.3 is 20.4 Å². The summed E-state index contributed by atoms with van der Waals surface area (Å²) < 4.78 is 0. The second-order valence-electron chi connectivity index (χ2n) is 2.24. The van der Waals surface area contributed by atoms with E-state index in [4.69, 9.17) is 40.3 Å². The maximum Gasteiger partial charge on any atom is 0.300 e. The lowest BCUT2D eigenvalue weighted by Crippen LogP contribution is -1.82. The van der Waals surface area contributed by atoms with Gasteiger partial charge in [-0.3, -0.25) is 14.4 Å². The quantitative estimate of drug-likeness (QED) is 0.320. The van der Waals surface area contributed by atoms with E-state index in [0.29, 0.717) is 0 Å². The number of rotatable bonds is 2. The number of hydrogen-bond acceptors (Lipinski definition) is 5. The van der Waals surface area contributed by atoms with Gasteiger partial charge in [0, 0.05) is 38.8 Å². The molecule has 0 aliphatic heterocycles. The van der Waals surface area contributed by atoms with Gasteiger partial charge >= 0.3 is 0 Å². The van der Waals surface area contributed by atoms with Gasteiger partial charge in [0.05, 0.1) is 0 Å². The molecule has 0 aromatic rings. The molecule has 0 spiro atoms. The predicted octanol–water partition coefficient (Wildman–Crippen LogP) is 0.562. The summed E-state index contributed by atoms with van der Waals surface area (Å²) in [6.45, 7) is 3.36. The summed E-state index contributed by atoms with van der Waals surface area (Å²) in [6, 6.07) is 0. The lowest BCUT2D eigenvalue weighted by atomic mass is 10.8. The van der Waals surface area contributed by atoms with Crippen molar-refractivity contribution >= 4 is 17.9 Å². The minimum absolute atomic E-state index is 0.0654. The summed E-state index contributed by atoms with van der Waals surface area (Å²) >= 11 is 0. The second-order valence-corrected chi connectivity index (χ2v) is 2.24. The van der Waals surface area contributed by atoms with E-state index in [2.05, 4.69) is 10.0 Å². The van der Waals surface area contributed by atoms with Crippen LogP contribution in [0, 0.1) is 0 Å². The molecule has 0 aliphatic carbocycles. The first-order valence-electron chi connectivity index (χ1n) is 4.32. The first-order valence-corrected chi connectivity index (χ1v) is 4.32. The molecule has 0 heterocycles. The molecular weight excluding hydrogens is 250 g/mol. The van der Waals surface area contributed by atoms with Gasteiger partial charge in [0.1, 0.15) is 0 Å². The van der Waals surface area contributed by atoms with Crippen LogP contribution in [0.5, 0.6) is 0 Å². The summed E-state index contributed by atoms with van der Waals surface area (Å²) in [5, 5.41) is 33.2. The average Bonchev–Trinajstić information content (AvgIpc) is 2.11. The number of aliphatic carboxylic acids is 3. The van der Waals surface area contributed by atoms with Gasteiger partial charge in [0.2, 0.25) is 0 Å². The highest BCUT2D eigenvalue weighted by Crippen LogP contribution is 1.63. The van der Waals surface area contributed by atoms with Crippen LogP contribution in [0.2, 0.25) is 0 Å². The average molecular weight is 267 g/mol. The topological polar surface area (TPSA) is 181 Å². The van der Waals surface area contributed by atoms with Crippen LogP contribution in [-0.2, 0) is 14.4 Å². The van der Waals surface area contributed by atoms with Crippen molar-refractivity contribution in [2.75, 3.05) is 13.2 Å². The number of aliphatic hydroxyl groups is 1. The van der Waals surface area contributed by atoms with E-state index in [9.17, 15) is 0 Å². The van der Waals surface area contributed by atoms with E-state index in [1.807, 2.05) is 0 Å². The van der Waals surface area contributed by atoms with Gasteiger partial charge in [-0.25, -0.2) is 0 Å². The monoisotopic (exact) mass is 267 g/mol. The van der Waals surface area contributed by atoms with Crippen LogP contribution in [-0.4, -0.2) is 51.5 Å². The Morgan fingerprint density at radius 2 is 1.22 bits per heavy atom. The smallest absolute Gasteiger partial charge is 0.300 e. The van der Waals surface area contributed by atoms with Crippen LogP contribution < -0.4 is 0 Å². The Morgan fingerprint density at radius 1 is 1.00 bits per heavy atom. The second kappa shape index (κ2) is 24.1. The summed E-state index contributed by atoms with van der Waals surface area (Å²) in [4.78, 5) is 29.4. The number of nitrogens with zero attached hydrogens (tertiary/aromatic N) is 3. The molecule has 10 nitrogen and oxygen atoms in total. The van der Waals surface area contributed by atoms with E-state index < -0.39 is 17.9 Å². The zero-order valence-electron chi connectivity index (χ0n) is 10.3. The van der Waals surface area contributed by atoms with E-state index in [-0.39, 0.29) is 13.2 Å². The fraction of sp³-hybridized carbons (Fsp3) is 0.625. The zero-order valence-corrected chi connectivity index (χ0v) is 10.3. The van der Waals surface area contributed by atoms with Gasteiger partial charge in [0.15, 0.2) is 0 Å². The van der Waals surface area contributed by atoms with Crippen LogP contribution >= 0.6 is 0 Å². The molecule has 0 amide bonds. The summed E-state index contributed by atoms with van der Waals surface area (Å²) in [5.41, 5.74) is 7.54. The molecule has 0 bridgehead atoms. The van der Waals surface area contributed by atoms with Gasteiger partial charge in [0.25, 0.3) is 17.9 Å². The van der Waals surface area contributed by atoms with Crippen molar-refractivity contribution in [3.05, 3.63) is 10.4 Å². The molecule has 0 radical (unpaired) electrons. The van der Waals surface area contributed by atoms with E-state index in [1.165, 1.54) is 0 Å². The molecule has 10 heteroatoms. The molecule has 0 unspecified atom stereocenters. The normalized spacial score (nSPS) is 6.44. The van der Waals surface area contributed by atoms with Crippen LogP contribution in [0.1, 0.15) is 20.8 Å². The number of azide groups is 1. The highest BCUT2D eigenvalue weighted by molar-refractivity contribution is 5.63. The minimum Gasteiger partial charge on any atom is -0.481 e. The third-order valence-corrected chi connectivity index (χ3v) is 0.263. The highest BCUT2D eigenvalue weighted by atomic mass is 16.4. The van der Waals surface area contributed by atoms with E-state index in [1.54, 1.807) is 0 Å². The van der Waals surface area contributed by atoms with Gasteiger partial charge in [-0.05, 0) is 5.53 Å². The van der Waals surface area contributed by atoms with Crippen molar-refractivity contribution < 1.29 is 34.8 Å². The van der Waals surface area contributed by atoms with Gasteiger partial charge in [-0.1, -0.05) is 5.11 Å². The third kappa shape index (κ3) is 4760. The number of hydrogen-bond donors (Lipinski definition) is 4. The van der Waals surface area contributed by atoms with Gasteiger partial charge in [-0.15, -0.1) is 0 Å². The van der Waals surface area contributed by atoms with Crippen LogP contribution in [0.4, 0.5) is 0 Å². The van der Waals surface area contributed by atoms with Crippen LogP contribution in [0.25, 0.3) is 10.4 Å². The Balaban J connectivity index is -0.0000000742. The Labute approximate surface area is 103 Å². The first-order chi connectivity index (χ1) is 8.11. The molecule has 18 heavy (non-hydrogen) atoms. The summed E-state index contributed by atoms with van der Waals surface area (Å²) in [6.07, 6.45) is 0. The first kappa shape index (κ1) is 24.8. The van der Waals surface area contributed by atoms with Crippen molar-refractivity contribution in [1.82, 2.24) is 0 Å². The Hall–Kier alpha value is -2.32. The van der Waals surface area contributed by atoms with Crippen molar-refractivity contribution in [3.63, 3.8) is 0 Å². The van der Waals surface area contributed by atoms with E-state index >= 15 is 0 Å². The molecule has 0 atom stereocenters. The number of carboxylic acids is 3. The highest BCUT2D eigenvalue weighted by Gasteiger charge is 1.67. The fourth-order valence-electron chi connectivity index (χ4n) is 0.0894. The summed E-state index contributed by atoms with van der Waals surface area (Å²) in [7, 11) is 0. The maximum atomic E-state index is 9.00. The molecule has 0 aliphatic rings. The van der Waals surface area contributed by atoms with E-state index in [0.717, 1.165) is 20.8 Å². The van der Waals surface area contributed by atoms with Crippen molar-refractivity contribution in [2.24, 2.45) is 5.11 Å². The van der Waals surface area contributed by atoms with Crippen LogP contribution in [0.15, 0.2) is 5.11 Å². The molecule has 0 rings (SSSR count).